The zero-order valence-corrected chi connectivity index (χ0v) is 16.1. The lowest BCUT2D eigenvalue weighted by Gasteiger charge is -2.12. The number of hydrogen-bond donors (Lipinski definition) is 2. The molecule has 1 amide bonds. The van der Waals surface area contributed by atoms with Crippen molar-refractivity contribution in [2.24, 2.45) is 5.14 Å². The molecule has 0 radical (unpaired) electrons. The molecule has 7 heteroatoms. The van der Waals surface area contributed by atoms with Gasteiger partial charge in [-0.25, -0.2) is 13.6 Å². The maximum absolute atomic E-state index is 12.3. The van der Waals surface area contributed by atoms with Gasteiger partial charge in [0.1, 0.15) is 10.6 Å². The van der Waals surface area contributed by atoms with Gasteiger partial charge < -0.3 is 10.1 Å². The zero-order valence-electron chi connectivity index (χ0n) is 15.3. The Bertz CT molecular complexity index is 941. The Labute approximate surface area is 159 Å². The van der Waals surface area contributed by atoms with Crippen molar-refractivity contribution in [2.45, 2.75) is 36.5 Å². The van der Waals surface area contributed by atoms with Gasteiger partial charge in [-0.05, 0) is 54.0 Å². The third-order valence-electron chi connectivity index (χ3n) is 4.96. The molecule has 1 atom stereocenters. The first-order valence-corrected chi connectivity index (χ1v) is 10.5. The second-order valence-electron chi connectivity index (χ2n) is 6.77. The lowest BCUT2D eigenvalue weighted by molar-refractivity contribution is -0.121. The number of primary sulfonamides is 1. The number of ether oxygens (including phenoxy) is 1. The molecule has 0 saturated heterocycles. The van der Waals surface area contributed by atoms with Crippen LogP contribution in [0, 0.1) is 0 Å². The van der Waals surface area contributed by atoms with Gasteiger partial charge in [0, 0.05) is 13.0 Å². The summed E-state index contributed by atoms with van der Waals surface area (Å²) in [6.07, 6.45) is 3.01. The molecule has 0 aromatic heterocycles. The van der Waals surface area contributed by atoms with E-state index < -0.39 is 10.0 Å². The van der Waals surface area contributed by atoms with Crippen LogP contribution in [0.5, 0.6) is 5.75 Å². The van der Waals surface area contributed by atoms with E-state index in [2.05, 4.69) is 17.4 Å². The molecule has 0 bridgehead atoms. The van der Waals surface area contributed by atoms with E-state index in [1.165, 1.54) is 24.3 Å². The van der Waals surface area contributed by atoms with Crippen molar-refractivity contribution in [1.29, 1.82) is 0 Å². The van der Waals surface area contributed by atoms with Gasteiger partial charge in [-0.2, -0.15) is 0 Å². The highest BCUT2D eigenvalue weighted by atomic mass is 32.2. The van der Waals surface area contributed by atoms with E-state index in [-0.39, 0.29) is 22.5 Å². The molecule has 0 fully saturated rings. The predicted molar refractivity (Wildman–Crippen MR) is 103 cm³/mol. The van der Waals surface area contributed by atoms with Crippen LogP contribution in [0.25, 0.3) is 0 Å². The van der Waals surface area contributed by atoms with E-state index in [0.29, 0.717) is 19.4 Å². The maximum atomic E-state index is 12.3. The molecule has 27 heavy (non-hydrogen) atoms. The Kier molecular flexibility index (Phi) is 5.82. The highest BCUT2D eigenvalue weighted by molar-refractivity contribution is 7.89. The number of sulfonamides is 1. The quantitative estimate of drug-likeness (QED) is 0.759. The fraction of sp³-hybridized carbons (Fsp3) is 0.350. The average molecular weight is 388 g/mol. The molecule has 2 aromatic rings. The van der Waals surface area contributed by atoms with E-state index in [0.717, 1.165) is 18.4 Å². The molecule has 0 spiro atoms. The molecule has 0 aliphatic heterocycles. The van der Waals surface area contributed by atoms with Crippen LogP contribution >= 0.6 is 0 Å². The number of rotatable bonds is 7. The first-order chi connectivity index (χ1) is 12.9. The van der Waals surface area contributed by atoms with Crippen molar-refractivity contribution in [2.75, 3.05) is 13.7 Å². The van der Waals surface area contributed by atoms with E-state index in [9.17, 15) is 13.2 Å². The Morgan fingerprint density at radius 1 is 1.26 bits per heavy atom. The van der Waals surface area contributed by atoms with Crippen molar-refractivity contribution in [3.63, 3.8) is 0 Å². The second-order valence-corrected chi connectivity index (χ2v) is 8.30. The Morgan fingerprint density at radius 2 is 2.04 bits per heavy atom. The molecule has 1 aliphatic carbocycles. The molecule has 3 N–H and O–H groups in total. The minimum atomic E-state index is -3.87. The van der Waals surface area contributed by atoms with Gasteiger partial charge in [-0.1, -0.05) is 30.3 Å². The van der Waals surface area contributed by atoms with Crippen LogP contribution in [0.4, 0.5) is 0 Å². The molecule has 0 saturated carbocycles. The van der Waals surface area contributed by atoms with Gasteiger partial charge >= 0.3 is 0 Å². The molecular formula is C20H24N2O4S. The minimum absolute atomic E-state index is 0.0110. The van der Waals surface area contributed by atoms with E-state index in [1.54, 1.807) is 12.1 Å². The van der Waals surface area contributed by atoms with Gasteiger partial charge in [0.05, 0.1) is 7.11 Å². The summed E-state index contributed by atoms with van der Waals surface area (Å²) in [6.45, 7) is 0.434. The maximum Gasteiger partial charge on any atom is 0.241 e. The number of carbonyl (C=O) groups is 1. The van der Waals surface area contributed by atoms with Crippen LogP contribution in [0.15, 0.2) is 47.4 Å². The number of fused-ring (bicyclic) bond motifs is 1. The van der Waals surface area contributed by atoms with E-state index in [1.807, 2.05) is 12.1 Å². The molecule has 0 heterocycles. The highest BCUT2D eigenvalue weighted by Crippen LogP contribution is 2.35. The van der Waals surface area contributed by atoms with Gasteiger partial charge in [-0.3, -0.25) is 4.79 Å². The number of benzene rings is 2. The number of methoxy groups -OCH3 is 1. The molecule has 2 aromatic carbocycles. The number of carbonyl (C=O) groups excluding carboxylic acids is 1. The van der Waals surface area contributed by atoms with Crippen molar-refractivity contribution in [3.05, 3.63) is 59.2 Å². The van der Waals surface area contributed by atoms with Crippen LogP contribution in [0.3, 0.4) is 0 Å². The Balaban J connectivity index is 1.55. The van der Waals surface area contributed by atoms with Gasteiger partial charge in [0.25, 0.3) is 0 Å². The summed E-state index contributed by atoms with van der Waals surface area (Å²) >= 11 is 0. The Hall–Kier alpha value is -2.38. The van der Waals surface area contributed by atoms with Crippen molar-refractivity contribution < 1.29 is 17.9 Å². The molecule has 0 unspecified atom stereocenters. The van der Waals surface area contributed by atoms with Crippen LogP contribution in [0.2, 0.25) is 0 Å². The number of hydrogen-bond acceptors (Lipinski definition) is 4. The van der Waals surface area contributed by atoms with E-state index in [4.69, 9.17) is 9.88 Å². The minimum Gasteiger partial charge on any atom is -0.495 e. The number of nitrogens with two attached hydrogens (primary N) is 1. The fourth-order valence-corrected chi connectivity index (χ4v) is 4.35. The van der Waals surface area contributed by atoms with Crippen molar-refractivity contribution in [3.8, 4) is 5.75 Å². The van der Waals surface area contributed by atoms with Gasteiger partial charge in [0.15, 0.2) is 0 Å². The summed E-state index contributed by atoms with van der Waals surface area (Å²) in [5, 5.41) is 8.16. The summed E-state index contributed by atoms with van der Waals surface area (Å²) in [6, 6.07) is 13.1. The topological polar surface area (TPSA) is 98.5 Å². The first-order valence-electron chi connectivity index (χ1n) is 8.92. The average Bonchev–Trinajstić information content (AvgIpc) is 3.04. The monoisotopic (exact) mass is 388 g/mol. The largest absolute Gasteiger partial charge is 0.495 e. The summed E-state index contributed by atoms with van der Waals surface area (Å²) in [5.41, 5.74) is 3.39. The summed E-state index contributed by atoms with van der Waals surface area (Å²) in [7, 11) is -2.47. The number of aryl methyl sites for hydroxylation is 1. The number of nitrogens with one attached hydrogen (secondary N) is 1. The van der Waals surface area contributed by atoms with Crippen LogP contribution in [-0.4, -0.2) is 28.0 Å². The van der Waals surface area contributed by atoms with Crippen LogP contribution in [-0.2, 0) is 27.7 Å². The third-order valence-corrected chi connectivity index (χ3v) is 5.89. The smallest absolute Gasteiger partial charge is 0.241 e. The number of amides is 1. The SMILES string of the molecule is COc1ccc(CCNC(=O)C[C@@H]2CCc3ccccc32)cc1S(N)(=O)=O. The standard InChI is InChI=1S/C20H24N2O4S/c1-26-18-9-6-14(12-19(18)27(21,24)25)10-11-22-20(23)13-16-8-7-15-4-2-3-5-17(15)16/h2-6,9,12,16H,7-8,10-11,13H2,1H3,(H,22,23)(H2,21,24,25)/t16-/m0/s1. The molecule has 1 aliphatic rings. The normalized spacial score (nSPS) is 16.0. The lowest BCUT2D eigenvalue weighted by Crippen LogP contribution is -2.27. The molecular weight excluding hydrogens is 364 g/mol. The van der Waals surface area contributed by atoms with Crippen LogP contribution < -0.4 is 15.2 Å². The van der Waals surface area contributed by atoms with Crippen LogP contribution in [0.1, 0.15) is 35.4 Å². The third kappa shape index (κ3) is 4.67. The predicted octanol–water partition coefficient (Wildman–Crippen LogP) is 2.12. The summed E-state index contributed by atoms with van der Waals surface area (Å²) in [5.74, 6) is 0.498. The van der Waals surface area contributed by atoms with E-state index >= 15 is 0 Å². The molecule has 3 rings (SSSR count). The van der Waals surface area contributed by atoms with Crippen molar-refractivity contribution >= 4 is 15.9 Å². The summed E-state index contributed by atoms with van der Waals surface area (Å²) < 4.78 is 28.4. The van der Waals surface area contributed by atoms with Gasteiger partial charge in [0.2, 0.25) is 15.9 Å². The lowest BCUT2D eigenvalue weighted by atomic mass is 9.97. The second kappa shape index (κ2) is 8.10. The zero-order chi connectivity index (χ0) is 19.4. The highest BCUT2D eigenvalue weighted by Gasteiger charge is 2.24. The summed E-state index contributed by atoms with van der Waals surface area (Å²) in [4.78, 5) is 12.2. The fourth-order valence-electron chi connectivity index (χ4n) is 3.60. The first kappa shape index (κ1) is 19.4. The molecule has 144 valence electrons. The van der Waals surface area contributed by atoms with Gasteiger partial charge in [-0.15, -0.1) is 0 Å². The Morgan fingerprint density at radius 3 is 2.78 bits per heavy atom. The molecule has 6 nitrogen and oxygen atoms in total. The van der Waals surface area contributed by atoms with Crippen molar-refractivity contribution in [1.82, 2.24) is 5.32 Å².